The molecule has 3 aromatic rings. The van der Waals surface area contributed by atoms with E-state index < -0.39 is 0 Å². The molecule has 0 saturated carbocycles. The molecule has 1 saturated heterocycles. The average Bonchev–Trinajstić information content (AvgIpc) is 3.23. The molecule has 0 bridgehead atoms. The summed E-state index contributed by atoms with van der Waals surface area (Å²) in [4.78, 5) is 4.51. The zero-order chi connectivity index (χ0) is 17.2. The lowest BCUT2D eigenvalue weighted by atomic mass is 10.1. The highest BCUT2D eigenvalue weighted by Gasteiger charge is 2.22. The summed E-state index contributed by atoms with van der Waals surface area (Å²) in [7, 11) is 0. The number of nitrogens with zero attached hydrogens (tertiary/aromatic N) is 4. The van der Waals surface area contributed by atoms with E-state index in [1.807, 2.05) is 23.7 Å². The number of hydrogen-bond donors (Lipinski definition) is 1. The van der Waals surface area contributed by atoms with Crippen molar-refractivity contribution in [3.05, 3.63) is 53.2 Å². The fourth-order valence-corrected chi connectivity index (χ4v) is 3.02. The van der Waals surface area contributed by atoms with Crippen LogP contribution >= 0.6 is 12.4 Å². The molecular formula is C18H22ClN5O2. The van der Waals surface area contributed by atoms with Crippen molar-refractivity contribution in [2.75, 3.05) is 19.7 Å². The number of rotatable bonds is 4. The summed E-state index contributed by atoms with van der Waals surface area (Å²) in [6.07, 6.45) is -0.173. The Bertz CT molecular complexity index is 870. The molecule has 1 atom stereocenters. The molecule has 0 aliphatic carbocycles. The first-order chi connectivity index (χ1) is 12.2. The lowest BCUT2D eigenvalue weighted by Gasteiger charge is -2.19. The van der Waals surface area contributed by atoms with Crippen molar-refractivity contribution >= 4 is 12.4 Å². The number of hydrogen-bond acceptors (Lipinski definition) is 6. The van der Waals surface area contributed by atoms with Crippen LogP contribution in [0.4, 0.5) is 0 Å². The Morgan fingerprint density at radius 2 is 2.15 bits per heavy atom. The second-order valence-corrected chi connectivity index (χ2v) is 6.30. The van der Waals surface area contributed by atoms with Gasteiger partial charge in [-0.1, -0.05) is 23.4 Å². The number of aryl methyl sites for hydroxylation is 2. The Morgan fingerprint density at radius 3 is 2.88 bits per heavy atom. The van der Waals surface area contributed by atoms with E-state index in [1.54, 1.807) is 0 Å². The van der Waals surface area contributed by atoms with Gasteiger partial charge < -0.3 is 14.6 Å². The highest BCUT2D eigenvalue weighted by molar-refractivity contribution is 5.85. The average molecular weight is 376 g/mol. The van der Waals surface area contributed by atoms with Crippen molar-refractivity contribution in [2.24, 2.45) is 0 Å². The van der Waals surface area contributed by atoms with Crippen LogP contribution in [0.2, 0.25) is 0 Å². The molecular weight excluding hydrogens is 354 g/mol. The Hall–Kier alpha value is -2.22. The monoisotopic (exact) mass is 375 g/mol. The molecule has 138 valence electrons. The minimum atomic E-state index is -0.173. The molecule has 1 aliphatic rings. The Morgan fingerprint density at radius 1 is 1.27 bits per heavy atom. The van der Waals surface area contributed by atoms with Gasteiger partial charge in [0, 0.05) is 24.3 Å². The van der Waals surface area contributed by atoms with Gasteiger partial charge in [-0.25, -0.2) is 0 Å². The van der Waals surface area contributed by atoms with Crippen LogP contribution < -0.4 is 5.32 Å². The molecule has 1 aromatic carbocycles. The first-order valence-electron chi connectivity index (χ1n) is 8.45. The SMILES string of the molecule is Cc1cc(C)n(Cc2cccc(-c3noc([C@H]4CNCCO4)n3)c2)n1.Cl. The molecule has 8 heteroatoms. The predicted octanol–water partition coefficient (Wildman–Crippen LogP) is 2.68. The third kappa shape index (κ3) is 3.95. The van der Waals surface area contributed by atoms with Crippen LogP contribution in [-0.2, 0) is 11.3 Å². The van der Waals surface area contributed by atoms with Crippen molar-refractivity contribution < 1.29 is 9.26 Å². The molecule has 1 aliphatic heterocycles. The number of aromatic nitrogens is 4. The van der Waals surface area contributed by atoms with Crippen LogP contribution in [0.25, 0.3) is 11.4 Å². The molecule has 0 radical (unpaired) electrons. The first-order valence-corrected chi connectivity index (χ1v) is 8.45. The standard InChI is InChI=1S/C18H21N5O2.ClH/c1-12-8-13(2)23(21-12)11-14-4-3-5-15(9-14)17-20-18(25-22-17)16-10-19-6-7-24-16;/h3-5,8-9,16,19H,6-7,10-11H2,1-2H3;1H/t16-;/m1./s1. The van der Waals surface area contributed by atoms with Crippen molar-refractivity contribution in [3.63, 3.8) is 0 Å². The van der Waals surface area contributed by atoms with Gasteiger partial charge in [-0.05, 0) is 31.5 Å². The van der Waals surface area contributed by atoms with Crippen LogP contribution in [0.3, 0.4) is 0 Å². The molecule has 4 rings (SSSR count). The summed E-state index contributed by atoms with van der Waals surface area (Å²) in [6, 6.07) is 10.2. The molecule has 2 aromatic heterocycles. The molecule has 0 unspecified atom stereocenters. The van der Waals surface area contributed by atoms with Crippen LogP contribution in [0, 0.1) is 13.8 Å². The molecule has 0 amide bonds. The third-order valence-corrected chi connectivity index (χ3v) is 4.27. The molecule has 1 N–H and O–H groups in total. The van der Waals surface area contributed by atoms with E-state index in [9.17, 15) is 0 Å². The van der Waals surface area contributed by atoms with Gasteiger partial charge in [0.05, 0.1) is 18.8 Å². The van der Waals surface area contributed by atoms with Gasteiger partial charge in [-0.15, -0.1) is 12.4 Å². The lowest BCUT2D eigenvalue weighted by molar-refractivity contribution is 0.00755. The minimum Gasteiger partial charge on any atom is -0.366 e. The zero-order valence-corrected chi connectivity index (χ0v) is 15.6. The number of benzene rings is 1. The van der Waals surface area contributed by atoms with E-state index in [0.29, 0.717) is 31.4 Å². The number of nitrogens with one attached hydrogen (secondary N) is 1. The van der Waals surface area contributed by atoms with E-state index >= 15 is 0 Å². The van der Waals surface area contributed by atoms with Gasteiger partial charge in [-0.3, -0.25) is 4.68 Å². The fraction of sp³-hybridized carbons (Fsp3) is 0.389. The Balaban J connectivity index is 0.00000196. The molecule has 26 heavy (non-hydrogen) atoms. The quantitative estimate of drug-likeness (QED) is 0.755. The molecule has 1 fully saturated rings. The predicted molar refractivity (Wildman–Crippen MR) is 99.3 cm³/mol. The van der Waals surface area contributed by atoms with Gasteiger partial charge in [0.25, 0.3) is 5.89 Å². The van der Waals surface area contributed by atoms with E-state index in [-0.39, 0.29) is 18.5 Å². The summed E-state index contributed by atoms with van der Waals surface area (Å²) >= 11 is 0. The van der Waals surface area contributed by atoms with Crippen molar-refractivity contribution in [3.8, 4) is 11.4 Å². The van der Waals surface area contributed by atoms with Gasteiger partial charge in [0.2, 0.25) is 5.82 Å². The van der Waals surface area contributed by atoms with Crippen LogP contribution in [0.1, 0.15) is 28.9 Å². The van der Waals surface area contributed by atoms with Gasteiger partial charge >= 0.3 is 0 Å². The minimum absolute atomic E-state index is 0. The van der Waals surface area contributed by atoms with Crippen LogP contribution in [0.5, 0.6) is 0 Å². The number of morpholine rings is 1. The number of halogens is 1. The van der Waals surface area contributed by atoms with E-state index in [0.717, 1.165) is 29.1 Å². The van der Waals surface area contributed by atoms with E-state index in [4.69, 9.17) is 9.26 Å². The fourth-order valence-electron chi connectivity index (χ4n) is 3.02. The summed E-state index contributed by atoms with van der Waals surface area (Å²) in [6.45, 7) is 6.98. The summed E-state index contributed by atoms with van der Waals surface area (Å²) in [5.41, 5.74) is 4.24. The van der Waals surface area contributed by atoms with Gasteiger partial charge in [-0.2, -0.15) is 10.1 Å². The normalized spacial score (nSPS) is 17.1. The summed E-state index contributed by atoms with van der Waals surface area (Å²) in [5, 5.41) is 11.9. The van der Waals surface area contributed by atoms with Gasteiger partial charge in [0.1, 0.15) is 6.10 Å². The lowest BCUT2D eigenvalue weighted by Crippen LogP contribution is -2.33. The Kier molecular flexibility index (Phi) is 5.70. The summed E-state index contributed by atoms with van der Waals surface area (Å²) in [5.74, 6) is 1.10. The Labute approximate surface area is 158 Å². The first kappa shape index (κ1) is 18.6. The summed E-state index contributed by atoms with van der Waals surface area (Å²) < 4.78 is 13.1. The van der Waals surface area contributed by atoms with E-state index in [1.165, 1.54) is 0 Å². The second-order valence-electron chi connectivity index (χ2n) is 6.30. The highest BCUT2D eigenvalue weighted by Crippen LogP contribution is 2.22. The second kappa shape index (κ2) is 7.99. The maximum Gasteiger partial charge on any atom is 0.257 e. The molecule has 3 heterocycles. The van der Waals surface area contributed by atoms with Crippen molar-refractivity contribution in [2.45, 2.75) is 26.5 Å². The number of ether oxygens (including phenoxy) is 1. The molecule has 0 spiro atoms. The maximum atomic E-state index is 5.66. The largest absolute Gasteiger partial charge is 0.366 e. The third-order valence-electron chi connectivity index (χ3n) is 4.27. The van der Waals surface area contributed by atoms with Crippen molar-refractivity contribution in [1.82, 2.24) is 25.2 Å². The van der Waals surface area contributed by atoms with E-state index in [2.05, 4.69) is 45.7 Å². The highest BCUT2D eigenvalue weighted by atomic mass is 35.5. The maximum absolute atomic E-state index is 5.66. The topological polar surface area (TPSA) is 78.0 Å². The van der Waals surface area contributed by atoms with Crippen molar-refractivity contribution in [1.29, 1.82) is 0 Å². The molecule has 7 nitrogen and oxygen atoms in total. The van der Waals surface area contributed by atoms with Crippen LogP contribution in [0.15, 0.2) is 34.9 Å². The van der Waals surface area contributed by atoms with Gasteiger partial charge in [0.15, 0.2) is 0 Å². The zero-order valence-electron chi connectivity index (χ0n) is 14.8. The smallest absolute Gasteiger partial charge is 0.257 e. The van der Waals surface area contributed by atoms with Crippen LogP contribution in [-0.4, -0.2) is 39.6 Å².